The average molecular weight is 352 g/mol. The molecule has 0 bridgehead atoms. The van der Waals surface area contributed by atoms with Crippen molar-refractivity contribution in [3.8, 4) is 0 Å². The average Bonchev–Trinajstić information content (AvgIpc) is 2.98. The molecule has 3 rings (SSSR count). The van der Waals surface area contributed by atoms with Gasteiger partial charge in [-0.25, -0.2) is 8.42 Å². The number of carbonyl (C=O) groups excluding carboxylic acids is 1. The van der Waals surface area contributed by atoms with E-state index in [4.69, 9.17) is 4.74 Å². The second-order valence-electron chi connectivity index (χ2n) is 6.32. The zero-order valence-corrected chi connectivity index (χ0v) is 14.6. The summed E-state index contributed by atoms with van der Waals surface area (Å²) in [5.74, 6) is 0.0165. The molecule has 1 unspecified atom stereocenters. The Morgan fingerprint density at radius 3 is 2.58 bits per heavy atom. The van der Waals surface area contributed by atoms with E-state index in [1.165, 1.54) is 4.31 Å². The topological polar surface area (TPSA) is 66.9 Å². The Balaban J connectivity index is 1.61. The molecule has 0 aliphatic carbocycles. The van der Waals surface area contributed by atoms with Gasteiger partial charge < -0.3 is 9.64 Å². The first-order chi connectivity index (χ1) is 11.6. The molecule has 2 aliphatic rings. The van der Waals surface area contributed by atoms with Crippen LogP contribution in [0.5, 0.6) is 0 Å². The van der Waals surface area contributed by atoms with Gasteiger partial charge in [-0.1, -0.05) is 30.3 Å². The number of hydrogen-bond donors (Lipinski definition) is 0. The highest BCUT2D eigenvalue weighted by Gasteiger charge is 2.31. The summed E-state index contributed by atoms with van der Waals surface area (Å²) < 4.78 is 32.3. The fourth-order valence-corrected chi connectivity index (χ4v) is 4.81. The molecule has 2 aliphatic heterocycles. The van der Waals surface area contributed by atoms with Crippen molar-refractivity contribution in [1.29, 1.82) is 0 Å². The maximum Gasteiger partial charge on any atom is 0.251 e. The summed E-state index contributed by atoms with van der Waals surface area (Å²) in [4.78, 5) is 14.2. The van der Waals surface area contributed by atoms with E-state index in [0.29, 0.717) is 39.2 Å². The van der Waals surface area contributed by atoms with Gasteiger partial charge in [-0.05, 0) is 24.8 Å². The largest absolute Gasteiger partial charge is 0.368 e. The van der Waals surface area contributed by atoms with E-state index in [2.05, 4.69) is 0 Å². The third-order valence-electron chi connectivity index (χ3n) is 4.56. The standard InChI is InChI=1S/C17H24N2O4S/c20-17(16-8-4-13-23-16)18-9-5-10-19(12-11-18)24(21,22)14-15-6-2-1-3-7-15/h1-3,6-7,16H,4-5,8-14H2. The summed E-state index contributed by atoms with van der Waals surface area (Å²) in [7, 11) is -3.36. The van der Waals surface area contributed by atoms with Gasteiger partial charge in [-0.2, -0.15) is 4.31 Å². The number of ether oxygens (including phenoxy) is 1. The van der Waals surface area contributed by atoms with Gasteiger partial charge in [0, 0.05) is 32.8 Å². The molecule has 6 nitrogen and oxygen atoms in total. The van der Waals surface area contributed by atoms with Crippen LogP contribution < -0.4 is 0 Å². The second-order valence-corrected chi connectivity index (χ2v) is 8.29. The molecule has 132 valence electrons. The molecule has 1 atom stereocenters. The van der Waals surface area contributed by atoms with E-state index in [1.54, 1.807) is 4.90 Å². The summed E-state index contributed by atoms with van der Waals surface area (Å²) in [6, 6.07) is 9.20. The molecule has 2 heterocycles. The van der Waals surface area contributed by atoms with Gasteiger partial charge >= 0.3 is 0 Å². The van der Waals surface area contributed by atoms with E-state index in [-0.39, 0.29) is 17.8 Å². The Kier molecular flexibility index (Phi) is 5.53. The van der Waals surface area contributed by atoms with Crippen LogP contribution in [0.4, 0.5) is 0 Å². The van der Waals surface area contributed by atoms with Crippen molar-refractivity contribution in [1.82, 2.24) is 9.21 Å². The van der Waals surface area contributed by atoms with Crippen molar-refractivity contribution in [3.05, 3.63) is 35.9 Å². The molecule has 2 fully saturated rings. The van der Waals surface area contributed by atoms with Gasteiger partial charge in [-0.3, -0.25) is 4.79 Å². The summed E-state index contributed by atoms with van der Waals surface area (Å²) in [5, 5.41) is 0. The predicted octanol–water partition coefficient (Wildman–Crippen LogP) is 1.23. The van der Waals surface area contributed by atoms with Crippen molar-refractivity contribution < 1.29 is 17.9 Å². The van der Waals surface area contributed by atoms with Crippen LogP contribution in [0.15, 0.2) is 30.3 Å². The smallest absolute Gasteiger partial charge is 0.251 e. The van der Waals surface area contributed by atoms with Gasteiger partial charge in [0.25, 0.3) is 5.91 Å². The van der Waals surface area contributed by atoms with E-state index in [1.807, 2.05) is 30.3 Å². The summed E-state index contributed by atoms with van der Waals surface area (Å²) in [6.45, 7) is 2.49. The van der Waals surface area contributed by atoms with Crippen molar-refractivity contribution in [2.24, 2.45) is 0 Å². The number of sulfonamides is 1. The first-order valence-electron chi connectivity index (χ1n) is 8.48. The molecule has 0 spiro atoms. The number of carbonyl (C=O) groups is 1. The number of nitrogens with zero attached hydrogens (tertiary/aromatic N) is 2. The zero-order valence-electron chi connectivity index (χ0n) is 13.8. The highest BCUT2D eigenvalue weighted by atomic mass is 32.2. The van der Waals surface area contributed by atoms with E-state index >= 15 is 0 Å². The monoisotopic (exact) mass is 352 g/mol. The Bertz CT molecular complexity index is 656. The molecule has 1 aromatic rings. The molecule has 0 radical (unpaired) electrons. The molecule has 7 heteroatoms. The minimum atomic E-state index is -3.36. The van der Waals surface area contributed by atoms with Crippen LogP contribution in [0.1, 0.15) is 24.8 Å². The first-order valence-corrected chi connectivity index (χ1v) is 10.1. The maximum atomic E-state index is 12.6. The lowest BCUT2D eigenvalue weighted by Gasteiger charge is -2.24. The molecule has 2 saturated heterocycles. The van der Waals surface area contributed by atoms with Crippen LogP contribution in [0.2, 0.25) is 0 Å². The predicted molar refractivity (Wildman–Crippen MR) is 90.8 cm³/mol. The van der Waals surface area contributed by atoms with Crippen molar-refractivity contribution in [2.45, 2.75) is 31.1 Å². The van der Waals surface area contributed by atoms with Crippen LogP contribution in [0, 0.1) is 0 Å². The van der Waals surface area contributed by atoms with Gasteiger partial charge in [-0.15, -0.1) is 0 Å². The maximum absolute atomic E-state index is 12.6. The fourth-order valence-electron chi connectivity index (χ4n) is 3.24. The van der Waals surface area contributed by atoms with Crippen molar-refractivity contribution >= 4 is 15.9 Å². The summed E-state index contributed by atoms with van der Waals surface area (Å²) in [5.41, 5.74) is 0.786. The first kappa shape index (κ1) is 17.4. The lowest BCUT2D eigenvalue weighted by Crippen LogP contribution is -2.42. The Morgan fingerprint density at radius 2 is 1.88 bits per heavy atom. The summed E-state index contributed by atoms with van der Waals surface area (Å²) >= 11 is 0. The molecule has 0 saturated carbocycles. The number of benzene rings is 1. The van der Waals surface area contributed by atoms with Crippen molar-refractivity contribution in [2.75, 3.05) is 32.8 Å². The van der Waals surface area contributed by atoms with Crippen LogP contribution in [0.25, 0.3) is 0 Å². The summed E-state index contributed by atoms with van der Waals surface area (Å²) in [6.07, 6.45) is 2.01. The highest BCUT2D eigenvalue weighted by molar-refractivity contribution is 7.88. The van der Waals surface area contributed by atoms with Gasteiger partial charge in [0.2, 0.25) is 10.0 Å². The Labute approximate surface area is 143 Å². The van der Waals surface area contributed by atoms with Crippen LogP contribution in [-0.2, 0) is 25.3 Å². The third kappa shape index (κ3) is 4.15. The molecular formula is C17H24N2O4S. The van der Waals surface area contributed by atoms with E-state index in [0.717, 1.165) is 18.4 Å². The zero-order chi connectivity index (χ0) is 17.0. The Morgan fingerprint density at radius 1 is 1.08 bits per heavy atom. The SMILES string of the molecule is O=C(C1CCCO1)N1CCCN(S(=O)(=O)Cc2ccccc2)CC1. The second kappa shape index (κ2) is 7.63. The molecule has 24 heavy (non-hydrogen) atoms. The minimum absolute atomic E-state index is 0.00746. The normalized spacial score (nSPS) is 23.2. The number of hydrogen-bond acceptors (Lipinski definition) is 4. The quantitative estimate of drug-likeness (QED) is 0.817. The molecule has 1 amide bonds. The number of rotatable bonds is 4. The van der Waals surface area contributed by atoms with E-state index in [9.17, 15) is 13.2 Å². The molecule has 0 aromatic heterocycles. The van der Waals surface area contributed by atoms with Crippen LogP contribution >= 0.6 is 0 Å². The highest BCUT2D eigenvalue weighted by Crippen LogP contribution is 2.18. The third-order valence-corrected chi connectivity index (χ3v) is 6.41. The van der Waals surface area contributed by atoms with Crippen LogP contribution in [0.3, 0.4) is 0 Å². The van der Waals surface area contributed by atoms with Gasteiger partial charge in [0.05, 0.1) is 5.75 Å². The number of amides is 1. The fraction of sp³-hybridized carbons (Fsp3) is 0.588. The molecule has 1 aromatic carbocycles. The lowest BCUT2D eigenvalue weighted by molar-refractivity contribution is -0.140. The van der Waals surface area contributed by atoms with Crippen LogP contribution in [-0.4, -0.2) is 62.4 Å². The van der Waals surface area contributed by atoms with Gasteiger partial charge in [0.15, 0.2) is 0 Å². The molecule has 0 N–H and O–H groups in total. The Hall–Kier alpha value is -1.44. The van der Waals surface area contributed by atoms with E-state index < -0.39 is 10.0 Å². The minimum Gasteiger partial charge on any atom is -0.368 e. The van der Waals surface area contributed by atoms with Crippen molar-refractivity contribution in [3.63, 3.8) is 0 Å². The lowest BCUT2D eigenvalue weighted by atomic mass is 10.2. The van der Waals surface area contributed by atoms with Gasteiger partial charge in [0.1, 0.15) is 6.10 Å². The molecular weight excluding hydrogens is 328 g/mol.